The summed E-state index contributed by atoms with van der Waals surface area (Å²) in [5.74, 6) is 0.604. The highest BCUT2D eigenvalue weighted by Gasteiger charge is 2.15. The van der Waals surface area contributed by atoms with Gasteiger partial charge in [-0.3, -0.25) is 4.98 Å². The molecule has 0 atom stereocenters. The van der Waals surface area contributed by atoms with Gasteiger partial charge in [-0.2, -0.15) is 0 Å². The van der Waals surface area contributed by atoms with E-state index in [1.54, 1.807) is 12.3 Å². The molecule has 1 heterocycles. The number of hydrogen-bond donors (Lipinski definition) is 2. The van der Waals surface area contributed by atoms with Crippen molar-refractivity contribution in [3.8, 4) is 5.75 Å². The molecule has 0 saturated carbocycles. The lowest BCUT2D eigenvalue weighted by molar-refractivity contribution is 0.0525. The molecule has 0 aliphatic carbocycles. The number of nitrogen functional groups attached to an aromatic ring is 1. The van der Waals surface area contributed by atoms with E-state index < -0.39 is 11.7 Å². The van der Waals surface area contributed by atoms with Crippen LogP contribution in [0, 0.1) is 0 Å². The molecular weight excluding hydrogens is 246 g/mol. The van der Waals surface area contributed by atoms with Crippen LogP contribution >= 0.6 is 0 Å². The van der Waals surface area contributed by atoms with Gasteiger partial charge in [0.25, 0.3) is 0 Å². The Balaban J connectivity index is 2.15. The smallest absolute Gasteiger partial charge is 0.407 e. The van der Waals surface area contributed by atoms with Gasteiger partial charge in [-0.25, -0.2) is 4.79 Å². The molecule has 3 N–H and O–H groups in total. The predicted molar refractivity (Wildman–Crippen MR) is 73.0 cm³/mol. The highest BCUT2D eigenvalue weighted by Crippen LogP contribution is 2.18. The van der Waals surface area contributed by atoms with Crippen LogP contribution in [0.15, 0.2) is 18.5 Å². The average Bonchev–Trinajstić information content (AvgIpc) is 2.28. The number of pyridine rings is 1. The highest BCUT2D eigenvalue weighted by atomic mass is 16.6. The van der Waals surface area contributed by atoms with E-state index in [2.05, 4.69) is 10.3 Å². The molecule has 0 aliphatic rings. The molecule has 0 unspecified atom stereocenters. The van der Waals surface area contributed by atoms with E-state index >= 15 is 0 Å². The van der Waals surface area contributed by atoms with Crippen LogP contribution in [0.3, 0.4) is 0 Å². The van der Waals surface area contributed by atoms with Crippen molar-refractivity contribution in [2.75, 3.05) is 18.9 Å². The zero-order chi connectivity index (χ0) is 14.3. The van der Waals surface area contributed by atoms with E-state index in [1.165, 1.54) is 6.20 Å². The molecule has 0 fully saturated rings. The largest absolute Gasteiger partial charge is 0.491 e. The highest BCUT2D eigenvalue weighted by molar-refractivity contribution is 5.67. The van der Waals surface area contributed by atoms with Crippen LogP contribution < -0.4 is 15.8 Å². The number of aromatic nitrogens is 1. The van der Waals surface area contributed by atoms with Crippen molar-refractivity contribution in [3.05, 3.63) is 18.5 Å². The maximum absolute atomic E-state index is 11.3. The molecular formula is C13H21N3O3. The number of ether oxygens (including phenoxy) is 2. The standard InChI is InChI=1S/C13H21N3O3/c1-13(2,3)19-12(17)16-6-4-8-18-11-5-7-15-9-10(11)14/h5,7,9H,4,6,8,14H2,1-3H3,(H,16,17). The summed E-state index contributed by atoms with van der Waals surface area (Å²) in [4.78, 5) is 15.2. The van der Waals surface area contributed by atoms with Crippen LogP contribution in [0.1, 0.15) is 27.2 Å². The monoisotopic (exact) mass is 267 g/mol. The fourth-order valence-electron chi connectivity index (χ4n) is 1.28. The molecule has 1 aromatic rings. The Labute approximate surface area is 113 Å². The minimum absolute atomic E-state index is 0.420. The lowest BCUT2D eigenvalue weighted by atomic mass is 10.2. The molecule has 0 bridgehead atoms. The maximum Gasteiger partial charge on any atom is 0.407 e. The molecule has 19 heavy (non-hydrogen) atoms. The van der Waals surface area contributed by atoms with Gasteiger partial charge in [-0.05, 0) is 27.2 Å². The summed E-state index contributed by atoms with van der Waals surface area (Å²) in [6.45, 7) is 6.41. The Bertz CT molecular complexity index is 416. The number of carbonyl (C=O) groups excluding carboxylic acids is 1. The Morgan fingerprint density at radius 3 is 2.84 bits per heavy atom. The first-order valence-corrected chi connectivity index (χ1v) is 6.17. The van der Waals surface area contributed by atoms with Gasteiger partial charge < -0.3 is 20.5 Å². The second-order valence-corrected chi connectivity index (χ2v) is 5.04. The summed E-state index contributed by atoms with van der Waals surface area (Å²) in [7, 11) is 0. The topological polar surface area (TPSA) is 86.5 Å². The number of nitrogens with zero attached hydrogens (tertiary/aromatic N) is 1. The van der Waals surface area contributed by atoms with Gasteiger partial charge in [0.15, 0.2) is 0 Å². The normalized spacial score (nSPS) is 10.9. The van der Waals surface area contributed by atoms with Crippen LogP contribution in [0.25, 0.3) is 0 Å². The minimum atomic E-state index is -0.480. The summed E-state index contributed by atoms with van der Waals surface area (Å²) in [6, 6.07) is 1.70. The van der Waals surface area contributed by atoms with Gasteiger partial charge in [-0.1, -0.05) is 0 Å². The molecule has 6 nitrogen and oxygen atoms in total. The Hall–Kier alpha value is -1.98. The van der Waals surface area contributed by atoms with Crippen molar-refractivity contribution in [1.29, 1.82) is 0 Å². The third-order valence-electron chi connectivity index (χ3n) is 2.06. The first-order valence-electron chi connectivity index (χ1n) is 6.17. The van der Waals surface area contributed by atoms with Gasteiger partial charge in [0.1, 0.15) is 11.4 Å². The molecule has 0 saturated heterocycles. The van der Waals surface area contributed by atoms with E-state index in [-0.39, 0.29) is 0 Å². The molecule has 1 amide bonds. The summed E-state index contributed by atoms with van der Waals surface area (Å²) in [5.41, 5.74) is 5.70. The number of alkyl carbamates (subject to hydrolysis) is 1. The zero-order valence-electron chi connectivity index (χ0n) is 11.6. The number of hydrogen-bond acceptors (Lipinski definition) is 5. The fraction of sp³-hybridized carbons (Fsp3) is 0.538. The number of carbonyl (C=O) groups is 1. The molecule has 6 heteroatoms. The minimum Gasteiger partial charge on any atom is -0.491 e. The average molecular weight is 267 g/mol. The molecule has 106 valence electrons. The maximum atomic E-state index is 11.3. The number of amides is 1. The molecule has 0 radical (unpaired) electrons. The first kappa shape index (κ1) is 15.1. The SMILES string of the molecule is CC(C)(C)OC(=O)NCCCOc1ccncc1N. The zero-order valence-corrected chi connectivity index (χ0v) is 11.6. The van der Waals surface area contributed by atoms with Crippen LogP contribution in [-0.2, 0) is 4.74 Å². The van der Waals surface area contributed by atoms with E-state index in [1.807, 2.05) is 20.8 Å². The van der Waals surface area contributed by atoms with Gasteiger partial charge in [0, 0.05) is 18.8 Å². The molecule has 0 aliphatic heterocycles. The van der Waals surface area contributed by atoms with Crippen molar-refractivity contribution in [3.63, 3.8) is 0 Å². The van der Waals surface area contributed by atoms with Crippen molar-refractivity contribution in [2.24, 2.45) is 0 Å². The van der Waals surface area contributed by atoms with E-state index in [0.717, 1.165) is 0 Å². The van der Waals surface area contributed by atoms with Crippen molar-refractivity contribution >= 4 is 11.8 Å². The molecule has 0 spiro atoms. The lowest BCUT2D eigenvalue weighted by Crippen LogP contribution is -2.33. The number of rotatable bonds is 5. The molecule has 0 aromatic carbocycles. The third-order valence-corrected chi connectivity index (χ3v) is 2.06. The van der Waals surface area contributed by atoms with Crippen LogP contribution in [0.2, 0.25) is 0 Å². The van der Waals surface area contributed by atoms with Gasteiger partial charge in [-0.15, -0.1) is 0 Å². The molecule has 1 aromatic heterocycles. The Morgan fingerprint density at radius 2 is 2.21 bits per heavy atom. The van der Waals surface area contributed by atoms with E-state index in [9.17, 15) is 4.79 Å². The van der Waals surface area contributed by atoms with Crippen molar-refractivity contribution in [2.45, 2.75) is 32.8 Å². The third kappa shape index (κ3) is 6.49. The van der Waals surface area contributed by atoms with E-state index in [0.29, 0.717) is 31.0 Å². The van der Waals surface area contributed by atoms with Crippen molar-refractivity contribution in [1.82, 2.24) is 10.3 Å². The summed E-state index contributed by atoms with van der Waals surface area (Å²) in [5, 5.41) is 2.66. The van der Waals surface area contributed by atoms with Crippen LogP contribution in [0.4, 0.5) is 10.5 Å². The second-order valence-electron chi connectivity index (χ2n) is 5.04. The number of nitrogens with two attached hydrogens (primary N) is 1. The quantitative estimate of drug-likeness (QED) is 0.796. The molecule has 1 rings (SSSR count). The van der Waals surface area contributed by atoms with Crippen LogP contribution in [0.5, 0.6) is 5.75 Å². The number of nitrogens with one attached hydrogen (secondary N) is 1. The lowest BCUT2D eigenvalue weighted by Gasteiger charge is -2.19. The van der Waals surface area contributed by atoms with Gasteiger partial charge in [0.05, 0.1) is 18.5 Å². The summed E-state index contributed by atoms with van der Waals surface area (Å²) < 4.78 is 10.6. The fourth-order valence-corrected chi connectivity index (χ4v) is 1.28. The Morgan fingerprint density at radius 1 is 1.47 bits per heavy atom. The second kappa shape index (κ2) is 6.82. The van der Waals surface area contributed by atoms with Crippen molar-refractivity contribution < 1.29 is 14.3 Å². The summed E-state index contributed by atoms with van der Waals surface area (Å²) >= 11 is 0. The van der Waals surface area contributed by atoms with Gasteiger partial charge >= 0.3 is 6.09 Å². The Kier molecular flexibility index (Phi) is 5.41. The predicted octanol–water partition coefficient (Wildman–Crippen LogP) is 1.96. The summed E-state index contributed by atoms with van der Waals surface area (Å²) in [6.07, 6.45) is 3.40. The van der Waals surface area contributed by atoms with E-state index in [4.69, 9.17) is 15.2 Å². The first-order chi connectivity index (χ1) is 8.88. The number of anilines is 1. The van der Waals surface area contributed by atoms with Crippen LogP contribution in [-0.4, -0.2) is 29.8 Å². The van der Waals surface area contributed by atoms with Gasteiger partial charge in [0.2, 0.25) is 0 Å².